The molecule has 0 aliphatic carbocycles. The summed E-state index contributed by atoms with van der Waals surface area (Å²) in [5.41, 5.74) is 8.33. The minimum atomic E-state index is -0.966. The van der Waals surface area contributed by atoms with Gasteiger partial charge < -0.3 is 21.1 Å². The normalized spacial score (nSPS) is 23.1. The molecular weight excluding hydrogens is 202 g/mol. The maximum Gasteiger partial charge on any atom is 0.216 e. The van der Waals surface area contributed by atoms with Gasteiger partial charge in [0, 0.05) is 19.2 Å². The number of aliphatic hydroxyl groups is 1. The van der Waals surface area contributed by atoms with E-state index in [9.17, 15) is 5.11 Å². The SMILES string of the molecule is CCCCC1(O)Nc2cc(N)ccc2N1C. The van der Waals surface area contributed by atoms with E-state index >= 15 is 0 Å². The first-order valence-electron chi connectivity index (χ1n) is 5.71. The van der Waals surface area contributed by atoms with Crippen LogP contribution in [0.5, 0.6) is 0 Å². The minimum Gasteiger partial charge on any atom is -0.399 e. The molecule has 88 valence electrons. The smallest absolute Gasteiger partial charge is 0.216 e. The zero-order valence-electron chi connectivity index (χ0n) is 9.83. The lowest BCUT2D eigenvalue weighted by Gasteiger charge is -2.32. The Balaban J connectivity index is 2.25. The average Bonchev–Trinajstić information content (AvgIpc) is 2.49. The first-order valence-corrected chi connectivity index (χ1v) is 5.71. The van der Waals surface area contributed by atoms with E-state index in [2.05, 4.69) is 12.2 Å². The molecule has 2 rings (SSSR count). The number of nitrogens with two attached hydrogens (primary N) is 1. The van der Waals surface area contributed by atoms with Crippen LogP contribution < -0.4 is 16.0 Å². The number of rotatable bonds is 3. The summed E-state index contributed by atoms with van der Waals surface area (Å²) < 4.78 is 0. The van der Waals surface area contributed by atoms with Crippen LogP contribution in [0.1, 0.15) is 26.2 Å². The van der Waals surface area contributed by atoms with Gasteiger partial charge in [0.05, 0.1) is 11.4 Å². The second kappa shape index (κ2) is 3.87. The molecule has 1 aromatic rings. The Hall–Kier alpha value is -1.42. The van der Waals surface area contributed by atoms with Crippen molar-refractivity contribution in [3.05, 3.63) is 18.2 Å². The van der Waals surface area contributed by atoms with Crippen LogP contribution in [0.3, 0.4) is 0 Å². The molecule has 1 heterocycles. The van der Waals surface area contributed by atoms with Crippen molar-refractivity contribution in [3.8, 4) is 0 Å². The van der Waals surface area contributed by atoms with Crippen LogP contribution in [0.15, 0.2) is 18.2 Å². The summed E-state index contributed by atoms with van der Waals surface area (Å²) in [6.07, 6.45) is 2.75. The van der Waals surface area contributed by atoms with Crippen molar-refractivity contribution < 1.29 is 5.11 Å². The van der Waals surface area contributed by atoms with Crippen LogP contribution in [0, 0.1) is 0 Å². The Labute approximate surface area is 96.1 Å². The van der Waals surface area contributed by atoms with E-state index in [1.165, 1.54) is 0 Å². The predicted molar refractivity (Wildman–Crippen MR) is 67.4 cm³/mol. The first kappa shape index (κ1) is 11.1. The zero-order chi connectivity index (χ0) is 11.8. The maximum absolute atomic E-state index is 10.5. The van der Waals surface area contributed by atoms with E-state index in [1.54, 1.807) is 0 Å². The Bertz CT molecular complexity index is 394. The Kier molecular flexibility index (Phi) is 2.68. The fourth-order valence-corrected chi connectivity index (χ4v) is 2.10. The number of nitrogen functional groups attached to an aromatic ring is 1. The van der Waals surface area contributed by atoms with Crippen molar-refractivity contribution in [3.63, 3.8) is 0 Å². The number of hydrogen-bond acceptors (Lipinski definition) is 4. The molecule has 0 radical (unpaired) electrons. The molecule has 0 saturated carbocycles. The second-order valence-corrected chi connectivity index (χ2v) is 4.38. The van der Waals surface area contributed by atoms with Gasteiger partial charge in [0.1, 0.15) is 0 Å². The molecule has 4 nitrogen and oxygen atoms in total. The highest BCUT2D eigenvalue weighted by atomic mass is 16.3. The van der Waals surface area contributed by atoms with E-state index in [1.807, 2.05) is 30.1 Å². The maximum atomic E-state index is 10.5. The number of nitrogens with zero attached hydrogens (tertiary/aromatic N) is 1. The monoisotopic (exact) mass is 221 g/mol. The Morgan fingerprint density at radius 3 is 2.94 bits per heavy atom. The Morgan fingerprint density at radius 1 is 1.50 bits per heavy atom. The molecule has 1 atom stereocenters. The number of fused-ring (bicyclic) bond motifs is 1. The summed E-state index contributed by atoms with van der Waals surface area (Å²) in [5.74, 6) is -0.966. The lowest BCUT2D eigenvalue weighted by Crippen LogP contribution is -2.48. The number of anilines is 3. The largest absolute Gasteiger partial charge is 0.399 e. The second-order valence-electron chi connectivity index (χ2n) is 4.38. The topological polar surface area (TPSA) is 61.5 Å². The van der Waals surface area contributed by atoms with Gasteiger partial charge in [-0.05, 0) is 24.6 Å². The molecule has 1 aromatic carbocycles. The number of hydrogen-bond donors (Lipinski definition) is 3. The highest BCUT2D eigenvalue weighted by molar-refractivity contribution is 5.79. The molecule has 4 heteroatoms. The van der Waals surface area contributed by atoms with Crippen LogP contribution in [-0.2, 0) is 0 Å². The van der Waals surface area contributed by atoms with Gasteiger partial charge >= 0.3 is 0 Å². The highest BCUT2D eigenvalue weighted by Crippen LogP contribution is 2.40. The molecule has 0 amide bonds. The third-order valence-corrected chi connectivity index (χ3v) is 3.15. The molecule has 16 heavy (non-hydrogen) atoms. The van der Waals surface area contributed by atoms with Crippen molar-refractivity contribution in [2.24, 2.45) is 0 Å². The van der Waals surface area contributed by atoms with E-state index in [0.29, 0.717) is 12.1 Å². The van der Waals surface area contributed by atoms with Crippen molar-refractivity contribution in [1.82, 2.24) is 0 Å². The van der Waals surface area contributed by atoms with Gasteiger partial charge in [-0.15, -0.1) is 0 Å². The summed E-state index contributed by atoms with van der Waals surface area (Å²) in [5, 5.41) is 13.6. The van der Waals surface area contributed by atoms with Crippen LogP contribution >= 0.6 is 0 Å². The molecular formula is C12H19N3O. The van der Waals surface area contributed by atoms with Crippen molar-refractivity contribution in [1.29, 1.82) is 0 Å². The van der Waals surface area contributed by atoms with Crippen LogP contribution in [-0.4, -0.2) is 18.0 Å². The fraction of sp³-hybridized carbons (Fsp3) is 0.500. The molecule has 1 unspecified atom stereocenters. The lowest BCUT2D eigenvalue weighted by molar-refractivity contribution is 0.0655. The minimum absolute atomic E-state index is 0.703. The van der Waals surface area contributed by atoms with E-state index in [4.69, 9.17) is 5.73 Å². The molecule has 4 N–H and O–H groups in total. The molecule has 0 saturated heterocycles. The zero-order valence-corrected chi connectivity index (χ0v) is 9.83. The van der Waals surface area contributed by atoms with E-state index < -0.39 is 5.85 Å². The standard InChI is InChI=1S/C12H19N3O/c1-3-4-7-12(16)14-10-8-9(13)5-6-11(10)15(12)2/h5-6,8,14,16H,3-4,7,13H2,1-2H3. The Morgan fingerprint density at radius 2 is 2.25 bits per heavy atom. The van der Waals surface area contributed by atoms with Crippen LogP contribution in [0.25, 0.3) is 0 Å². The molecule has 0 spiro atoms. The van der Waals surface area contributed by atoms with Crippen molar-refractivity contribution in [2.75, 3.05) is 23.0 Å². The highest BCUT2D eigenvalue weighted by Gasteiger charge is 2.38. The van der Waals surface area contributed by atoms with Crippen molar-refractivity contribution in [2.45, 2.75) is 32.0 Å². The summed E-state index contributed by atoms with van der Waals surface area (Å²) >= 11 is 0. The van der Waals surface area contributed by atoms with Crippen molar-refractivity contribution >= 4 is 17.1 Å². The first-order chi connectivity index (χ1) is 7.57. The number of nitrogens with one attached hydrogen (secondary N) is 1. The van der Waals surface area contributed by atoms with Gasteiger partial charge in [-0.2, -0.15) is 0 Å². The molecule has 1 aliphatic heterocycles. The van der Waals surface area contributed by atoms with Crippen LogP contribution in [0.2, 0.25) is 0 Å². The molecule has 0 fully saturated rings. The van der Waals surface area contributed by atoms with Crippen LogP contribution in [0.4, 0.5) is 17.1 Å². The summed E-state index contributed by atoms with van der Waals surface area (Å²) in [7, 11) is 1.89. The van der Waals surface area contributed by atoms with Gasteiger partial charge in [-0.3, -0.25) is 0 Å². The summed E-state index contributed by atoms with van der Waals surface area (Å²) in [6, 6.07) is 5.64. The van der Waals surface area contributed by atoms with Gasteiger partial charge in [-0.1, -0.05) is 13.3 Å². The molecule has 0 aromatic heterocycles. The number of benzene rings is 1. The summed E-state index contributed by atoms with van der Waals surface area (Å²) in [6.45, 7) is 2.11. The predicted octanol–water partition coefficient (Wildman–Crippen LogP) is 1.97. The summed E-state index contributed by atoms with van der Waals surface area (Å²) in [4.78, 5) is 1.87. The van der Waals surface area contributed by atoms with E-state index in [-0.39, 0.29) is 0 Å². The van der Waals surface area contributed by atoms with Gasteiger partial charge in [0.15, 0.2) is 0 Å². The molecule has 0 bridgehead atoms. The van der Waals surface area contributed by atoms with Gasteiger partial charge in [0.25, 0.3) is 0 Å². The van der Waals surface area contributed by atoms with Gasteiger partial charge in [-0.25, -0.2) is 0 Å². The number of unbranched alkanes of at least 4 members (excludes halogenated alkanes) is 1. The van der Waals surface area contributed by atoms with Gasteiger partial charge in [0.2, 0.25) is 5.85 Å². The quantitative estimate of drug-likeness (QED) is 0.683. The van der Waals surface area contributed by atoms with E-state index in [0.717, 1.165) is 24.2 Å². The average molecular weight is 221 g/mol. The molecule has 1 aliphatic rings. The lowest BCUT2D eigenvalue weighted by atomic mass is 10.2. The fourth-order valence-electron chi connectivity index (χ4n) is 2.10. The third kappa shape index (κ3) is 1.69. The third-order valence-electron chi connectivity index (χ3n) is 3.15.